The fraction of sp³-hybridized carbons (Fsp3) is 0.333. The molecule has 0 bridgehead atoms. The molecule has 0 atom stereocenters. The molecular weight excluding hydrogens is 384 g/mol. The lowest BCUT2D eigenvalue weighted by atomic mass is 10.1. The molecule has 0 aliphatic carbocycles. The standard InChI is InChI=1S/C27H32N2S/c1-7-8-15-23(29-27-20(4)13-10-14-21(27)5)25-17-16-24(30-25)22(6)28-26-18(2)11-9-12-19(26)3/h9-14,16-17H,7-8,15H2,1-6H3. The van der Waals surface area contributed by atoms with Crippen molar-refractivity contribution in [2.75, 3.05) is 0 Å². The van der Waals surface area contributed by atoms with Gasteiger partial charge < -0.3 is 0 Å². The van der Waals surface area contributed by atoms with Crippen molar-refractivity contribution in [1.82, 2.24) is 0 Å². The number of benzene rings is 2. The number of unbranched alkanes of at least 4 members (excludes halogenated alkanes) is 1. The molecular formula is C27H32N2S. The van der Waals surface area contributed by atoms with Crippen LogP contribution in [0.15, 0.2) is 58.5 Å². The number of thiophene rings is 1. The molecule has 0 saturated heterocycles. The SMILES string of the molecule is CCCCC(=Nc1c(C)cccc1C)c1ccc(C(C)=Nc2c(C)cccc2C)s1. The van der Waals surface area contributed by atoms with Gasteiger partial charge in [0, 0.05) is 9.75 Å². The summed E-state index contributed by atoms with van der Waals surface area (Å²) in [6.45, 7) is 12.9. The van der Waals surface area contributed by atoms with Crippen molar-refractivity contribution in [3.8, 4) is 0 Å². The highest BCUT2D eigenvalue weighted by atomic mass is 32.1. The Labute approximate surface area is 185 Å². The maximum absolute atomic E-state index is 5.14. The van der Waals surface area contributed by atoms with Crippen molar-refractivity contribution in [2.24, 2.45) is 9.98 Å². The van der Waals surface area contributed by atoms with Gasteiger partial charge in [-0.3, -0.25) is 9.98 Å². The van der Waals surface area contributed by atoms with Crippen molar-refractivity contribution in [3.05, 3.63) is 80.5 Å². The zero-order valence-electron chi connectivity index (χ0n) is 19.0. The molecule has 1 heterocycles. The largest absolute Gasteiger partial charge is 0.252 e. The Bertz CT molecular complexity index is 1050. The van der Waals surface area contributed by atoms with E-state index >= 15 is 0 Å². The van der Waals surface area contributed by atoms with E-state index in [4.69, 9.17) is 9.98 Å². The van der Waals surface area contributed by atoms with Crippen LogP contribution in [-0.2, 0) is 0 Å². The molecule has 2 aromatic carbocycles. The maximum atomic E-state index is 5.14. The summed E-state index contributed by atoms with van der Waals surface area (Å²) < 4.78 is 0. The van der Waals surface area contributed by atoms with E-state index in [1.807, 2.05) is 0 Å². The first-order chi connectivity index (χ1) is 14.4. The van der Waals surface area contributed by atoms with Gasteiger partial charge in [-0.15, -0.1) is 11.3 Å². The Morgan fingerprint density at radius 1 is 0.733 bits per heavy atom. The topological polar surface area (TPSA) is 24.7 Å². The predicted molar refractivity (Wildman–Crippen MR) is 134 cm³/mol. The normalized spacial score (nSPS) is 12.5. The molecule has 156 valence electrons. The third kappa shape index (κ3) is 5.14. The third-order valence-electron chi connectivity index (χ3n) is 5.42. The van der Waals surface area contributed by atoms with E-state index < -0.39 is 0 Å². The van der Waals surface area contributed by atoms with Gasteiger partial charge in [0.1, 0.15) is 0 Å². The van der Waals surface area contributed by atoms with E-state index in [1.54, 1.807) is 11.3 Å². The quantitative estimate of drug-likeness (QED) is 0.345. The van der Waals surface area contributed by atoms with Crippen LogP contribution < -0.4 is 0 Å². The van der Waals surface area contributed by atoms with Crippen LogP contribution in [0.5, 0.6) is 0 Å². The second kappa shape index (κ2) is 9.99. The zero-order chi connectivity index (χ0) is 21.7. The lowest BCUT2D eigenvalue weighted by Gasteiger charge is -2.09. The molecule has 3 heteroatoms. The Kier molecular flexibility index (Phi) is 7.38. The molecule has 30 heavy (non-hydrogen) atoms. The van der Waals surface area contributed by atoms with Gasteiger partial charge in [-0.25, -0.2) is 0 Å². The highest BCUT2D eigenvalue weighted by molar-refractivity contribution is 7.16. The number of hydrogen-bond acceptors (Lipinski definition) is 3. The summed E-state index contributed by atoms with van der Waals surface area (Å²) in [5.74, 6) is 0. The van der Waals surface area contributed by atoms with Crippen LogP contribution in [-0.4, -0.2) is 11.4 Å². The van der Waals surface area contributed by atoms with Gasteiger partial charge in [0.25, 0.3) is 0 Å². The van der Waals surface area contributed by atoms with Crippen LogP contribution in [0.1, 0.15) is 65.1 Å². The van der Waals surface area contributed by atoms with Gasteiger partial charge in [0.15, 0.2) is 0 Å². The van der Waals surface area contributed by atoms with E-state index in [1.165, 1.54) is 37.7 Å². The summed E-state index contributed by atoms with van der Waals surface area (Å²) in [7, 11) is 0. The fourth-order valence-corrected chi connectivity index (χ4v) is 4.56. The first-order valence-corrected chi connectivity index (χ1v) is 11.6. The van der Waals surface area contributed by atoms with Crippen LogP contribution in [0, 0.1) is 27.7 Å². The second-order valence-corrected chi connectivity index (χ2v) is 9.09. The summed E-state index contributed by atoms with van der Waals surface area (Å²) >= 11 is 1.80. The molecule has 0 radical (unpaired) electrons. The summed E-state index contributed by atoms with van der Waals surface area (Å²) in [6, 6.07) is 17.1. The minimum Gasteiger partial charge on any atom is -0.252 e. The predicted octanol–water partition coefficient (Wildman–Crippen LogP) is 8.43. The van der Waals surface area contributed by atoms with Gasteiger partial charge in [0.05, 0.1) is 22.8 Å². The molecule has 0 unspecified atom stereocenters. The van der Waals surface area contributed by atoms with Gasteiger partial charge in [-0.1, -0.05) is 49.7 Å². The smallest absolute Gasteiger partial charge is 0.0691 e. The van der Waals surface area contributed by atoms with Crippen LogP contribution in [0.25, 0.3) is 0 Å². The Balaban J connectivity index is 1.98. The lowest BCUT2D eigenvalue weighted by molar-refractivity contribution is 0.836. The highest BCUT2D eigenvalue weighted by Crippen LogP contribution is 2.29. The molecule has 2 nitrogen and oxygen atoms in total. The van der Waals surface area contributed by atoms with Crippen molar-refractivity contribution in [2.45, 2.75) is 60.8 Å². The summed E-state index contributed by atoms with van der Waals surface area (Å²) in [5, 5.41) is 0. The lowest BCUT2D eigenvalue weighted by Crippen LogP contribution is -1.99. The van der Waals surface area contributed by atoms with E-state index in [9.17, 15) is 0 Å². The Morgan fingerprint density at radius 3 is 1.77 bits per heavy atom. The summed E-state index contributed by atoms with van der Waals surface area (Å²) in [4.78, 5) is 12.6. The number of aliphatic imine (C=N–C) groups is 2. The Morgan fingerprint density at radius 2 is 1.23 bits per heavy atom. The van der Waals surface area contributed by atoms with Crippen molar-refractivity contribution in [1.29, 1.82) is 0 Å². The van der Waals surface area contributed by atoms with Gasteiger partial charge in [0.2, 0.25) is 0 Å². The fourth-order valence-electron chi connectivity index (χ4n) is 3.59. The minimum atomic E-state index is 0.997. The van der Waals surface area contributed by atoms with Crippen molar-refractivity contribution < 1.29 is 0 Å². The molecule has 0 spiro atoms. The number of para-hydroxylation sites is 2. The van der Waals surface area contributed by atoms with E-state index in [-0.39, 0.29) is 0 Å². The molecule has 0 fully saturated rings. The molecule has 1 aromatic heterocycles. The highest BCUT2D eigenvalue weighted by Gasteiger charge is 2.12. The summed E-state index contributed by atoms with van der Waals surface area (Å²) in [6.07, 6.45) is 3.31. The number of nitrogens with zero attached hydrogens (tertiary/aromatic N) is 2. The average molecular weight is 417 g/mol. The zero-order valence-corrected chi connectivity index (χ0v) is 19.9. The maximum Gasteiger partial charge on any atom is 0.0691 e. The number of hydrogen-bond donors (Lipinski definition) is 0. The van der Waals surface area contributed by atoms with Crippen LogP contribution >= 0.6 is 11.3 Å². The third-order valence-corrected chi connectivity index (χ3v) is 6.66. The van der Waals surface area contributed by atoms with Crippen LogP contribution in [0.3, 0.4) is 0 Å². The average Bonchev–Trinajstić information content (AvgIpc) is 3.20. The minimum absolute atomic E-state index is 0.997. The van der Waals surface area contributed by atoms with Gasteiger partial charge >= 0.3 is 0 Å². The van der Waals surface area contributed by atoms with Gasteiger partial charge in [-0.05, 0) is 81.8 Å². The van der Waals surface area contributed by atoms with Gasteiger partial charge in [-0.2, -0.15) is 0 Å². The number of rotatable bonds is 7. The Hall–Kier alpha value is -2.52. The van der Waals surface area contributed by atoms with Crippen LogP contribution in [0.4, 0.5) is 11.4 Å². The first-order valence-electron chi connectivity index (χ1n) is 10.8. The molecule has 0 amide bonds. The molecule has 0 saturated carbocycles. The van der Waals surface area contributed by atoms with E-state index in [0.29, 0.717) is 0 Å². The molecule has 3 rings (SSSR count). The molecule has 0 aliphatic heterocycles. The first kappa shape index (κ1) is 22.2. The summed E-state index contributed by atoms with van der Waals surface area (Å²) in [5.41, 5.74) is 9.33. The van der Waals surface area contributed by atoms with E-state index in [0.717, 1.165) is 36.3 Å². The second-order valence-electron chi connectivity index (χ2n) is 8.00. The van der Waals surface area contributed by atoms with Crippen LogP contribution in [0.2, 0.25) is 0 Å². The monoisotopic (exact) mass is 416 g/mol. The molecule has 3 aromatic rings. The molecule has 0 aliphatic rings. The van der Waals surface area contributed by atoms with Crippen molar-refractivity contribution in [3.63, 3.8) is 0 Å². The van der Waals surface area contributed by atoms with Crippen molar-refractivity contribution >= 4 is 34.1 Å². The van der Waals surface area contributed by atoms with E-state index in [2.05, 4.69) is 90.1 Å². The number of aryl methyl sites for hydroxylation is 4. The molecule has 0 N–H and O–H groups in total.